The topological polar surface area (TPSA) is 93.0 Å². The van der Waals surface area contributed by atoms with E-state index in [4.69, 9.17) is 28.2 Å². The number of benzene rings is 2. The van der Waals surface area contributed by atoms with Gasteiger partial charge in [0, 0.05) is 32.6 Å². The predicted molar refractivity (Wildman–Crippen MR) is 128 cm³/mol. The van der Waals surface area contributed by atoms with Crippen LogP contribution in [0.1, 0.15) is 37.7 Å². The number of rotatable bonds is 5. The largest absolute Gasteiger partial charge is 0.502 e. The van der Waals surface area contributed by atoms with Crippen molar-refractivity contribution in [3.63, 3.8) is 0 Å². The Kier molecular flexibility index (Phi) is 6.93. The van der Waals surface area contributed by atoms with Crippen LogP contribution < -0.4 is 4.80 Å². The van der Waals surface area contributed by atoms with E-state index >= 15 is 0 Å². The molecule has 1 heterocycles. The summed E-state index contributed by atoms with van der Waals surface area (Å²) in [4.78, 5) is 16.2. The maximum Gasteiger partial charge on any atom is 0.312 e. The Morgan fingerprint density at radius 3 is 2.53 bits per heavy atom. The molecule has 2 aromatic carbocycles. The lowest BCUT2D eigenvalue weighted by atomic mass is 9.96. The maximum absolute atomic E-state index is 11.2. The van der Waals surface area contributed by atoms with Gasteiger partial charge in [-0.25, -0.2) is 4.68 Å². The minimum absolute atomic E-state index is 0.135. The van der Waals surface area contributed by atoms with E-state index in [0.29, 0.717) is 9.82 Å². The molecular formula is C22H20Cl2N4O3S. The number of hydrogen-bond acceptors (Lipinski definition) is 6. The molecule has 4 rings (SSSR count). The fraction of sp³-hybridized carbons (Fsp3) is 0.273. The van der Waals surface area contributed by atoms with Crippen molar-refractivity contribution < 1.29 is 10.0 Å². The molecule has 166 valence electrons. The fourth-order valence-electron chi connectivity index (χ4n) is 3.65. The molecule has 3 aromatic rings. The van der Waals surface area contributed by atoms with Gasteiger partial charge in [0.2, 0.25) is 10.6 Å². The smallest absolute Gasteiger partial charge is 0.312 e. The summed E-state index contributed by atoms with van der Waals surface area (Å²) >= 11 is 13.5. The maximum atomic E-state index is 11.2. The van der Waals surface area contributed by atoms with Gasteiger partial charge >= 0.3 is 5.69 Å². The zero-order chi connectivity index (χ0) is 22.7. The number of nitrogens with zero attached hydrogens (tertiary/aromatic N) is 4. The number of thiazole rings is 1. The molecule has 0 bridgehead atoms. The molecule has 0 amide bonds. The molecule has 0 atom stereocenters. The van der Waals surface area contributed by atoms with E-state index in [1.54, 1.807) is 16.8 Å². The Bertz CT molecular complexity index is 1230. The molecule has 0 saturated heterocycles. The molecule has 7 nitrogen and oxygen atoms in total. The van der Waals surface area contributed by atoms with Crippen LogP contribution in [0.25, 0.3) is 11.3 Å². The molecule has 1 fully saturated rings. The lowest BCUT2D eigenvalue weighted by Crippen LogP contribution is -2.19. The van der Waals surface area contributed by atoms with Crippen molar-refractivity contribution >= 4 is 46.4 Å². The summed E-state index contributed by atoms with van der Waals surface area (Å²) in [5, 5.41) is 28.8. The van der Waals surface area contributed by atoms with Crippen LogP contribution in [0.5, 0.6) is 5.75 Å². The summed E-state index contributed by atoms with van der Waals surface area (Å²) in [5.41, 5.74) is 1.37. The highest BCUT2D eigenvalue weighted by Gasteiger charge is 2.18. The second kappa shape index (κ2) is 9.85. The third-order valence-electron chi connectivity index (χ3n) is 5.29. The Morgan fingerprint density at radius 1 is 1.12 bits per heavy atom. The molecule has 1 aliphatic carbocycles. The summed E-state index contributed by atoms with van der Waals surface area (Å²) < 4.78 is 1.69. The minimum Gasteiger partial charge on any atom is -0.502 e. The molecule has 32 heavy (non-hydrogen) atoms. The van der Waals surface area contributed by atoms with Crippen molar-refractivity contribution in [3.05, 3.63) is 72.3 Å². The normalized spacial score (nSPS) is 15.5. The number of nitro groups is 1. The molecule has 0 aliphatic heterocycles. The summed E-state index contributed by atoms with van der Waals surface area (Å²) in [6.45, 7) is 0. The quantitative estimate of drug-likeness (QED) is 0.260. The second-order valence-corrected chi connectivity index (χ2v) is 9.22. The molecule has 0 radical (unpaired) electrons. The van der Waals surface area contributed by atoms with E-state index in [1.165, 1.54) is 30.0 Å². The zero-order valence-electron chi connectivity index (χ0n) is 16.9. The van der Waals surface area contributed by atoms with Crippen LogP contribution in [-0.4, -0.2) is 27.0 Å². The minimum atomic E-state index is -0.681. The Labute approximate surface area is 198 Å². The van der Waals surface area contributed by atoms with Gasteiger partial charge in [-0.15, -0.1) is 11.3 Å². The van der Waals surface area contributed by atoms with Crippen molar-refractivity contribution in [2.24, 2.45) is 10.1 Å². The van der Waals surface area contributed by atoms with E-state index < -0.39 is 16.4 Å². The Balaban J connectivity index is 1.81. The van der Waals surface area contributed by atoms with Crippen molar-refractivity contribution in [2.75, 3.05) is 0 Å². The first kappa shape index (κ1) is 22.5. The third kappa shape index (κ3) is 5.03. The van der Waals surface area contributed by atoms with Crippen LogP contribution in [0, 0.1) is 10.1 Å². The second-order valence-electron chi connectivity index (χ2n) is 7.51. The summed E-state index contributed by atoms with van der Waals surface area (Å²) in [6.07, 6.45) is 7.00. The number of phenolic OH excluding ortho intramolecular Hbond substituents is 1. The molecule has 1 N–H and O–H groups in total. The highest BCUT2D eigenvalue weighted by atomic mass is 35.5. The standard InChI is InChI=1S/C22H20Cl2N4O3S/c23-16-8-6-14(7-9-16)20-13-32-22(26-18-4-2-1-3-5-18)27(20)25-12-15-10-17(24)11-19(21(15)29)28(30)31/h6-13,18,29H,1-5H2. The summed E-state index contributed by atoms with van der Waals surface area (Å²) in [6, 6.07) is 10.2. The van der Waals surface area contributed by atoms with Crippen molar-refractivity contribution in [2.45, 2.75) is 38.1 Å². The van der Waals surface area contributed by atoms with E-state index in [-0.39, 0.29) is 16.6 Å². The highest BCUT2D eigenvalue weighted by molar-refractivity contribution is 7.07. The number of nitro benzene ring substituents is 1. The van der Waals surface area contributed by atoms with Gasteiger partial charge in [-0.05, 0) is 31.0 Å². The SMILES string of the molecule is O=[N+]([O-])c1cc(Cl)cc(C=Nn2c(-c3ccc(Cl)cc3)csc2=NC2CCCCC2)c1O. The number of phenols is 1. The molecule has 10 heteroatoms. The lowest BCUT2D eigenvalue weighted by molar-refractivity contribution is -0.385. The number of halogens is 2. The van der Waals surface area contributed by atoms with Gasteiger partial charge in [-0.1, -0.05) is 54.6 Å². The fourth-order valence-corrected chi connectivity index (χ4v) is 4.90. The van der Waals surface area contributed by atoms with Gasteiger partial charge in [0.05, 0.1) is 22.9 Å². The first-order valence-electron chi connectivity index (χ1n) is 10.1. The van der Waals surface area contributed by atoms with Crippen LogP contribution in [0.2, 0.25) is 10.0 Å². The molecule has 1 aromatic heterocycles. The van der Waals surface area contributed by atoms with Gasteiger partial charge in [-0.2, -0.15) is 5.10 Å². The van der Waals surface area contributed by atoms with Crippen molar-refractivity contribution in [3.8, 4) is 17.0 Å². The van der Waals surface area contributed by atoms with Gasteiger partial charge < -0.3 is 5.11 Å². The van der Waals surface area contributed by atoms with E-state index in [1.807, 2.05) is 17.5 Å². The van der Waals surface area contributed by atoms with E-state index in [2.05, 4.69) is 5.10 Å². The van der Waals surface area contributed by atoms with Crippen LogP contribution in [0.3, 0.4) is 0 Å². The molecular weight excluding hydrogens is 471 g/mol. The third-order valence-corrected chi connectivity index (χ3v) is 6.59. The lowest BCUT2D eigenvalue weighted by Gasteiger charge is -2.16. The molecule has 0 unspecified atom stereocenters. The highest BCUT2D eigenvalue weighted by Crippen LogP contribution is 2.32. The number of aromatic hydroxyl groups is 1. The van der Waals surface area contributed by atoms with Crippen LogP contribution in [0.15, 0.2) is 51.9 Å². The first-order valence-corrected chi connectivity index (χ1v) is 11.8. The van der Waals surface area contributed by atoms with Crippen LogP contribution >= 0.6 is 34.5 Å². The Hall–Kier alpha value is -2.68. The van der Waals surface area contributed by atoms with Gasteiger partial charge in [-0.3, -0.25) is 15.1 Å². The number of hydrogen-bond donors (Lipinski definition) is 1. The van der Waals surface area contributed by atoms with Crippen molar-refractivity contribution in [1.29, 1.82) is 0 Å². The van der Waals surface area contributed by atoms with E-state index in [0.717, 1.165) is 43.0 Å². The van der Waals surface area contributed by atoms with Gasteiger partial charge in [0.1, 0.15) is 0 Å². The van der Waals surface area contributed by atoms with Gasteiger partial charge in [0.15, 0.2) is 0 Å². The Morgan fingerprint density at radius 2 is 1.84 bits per heavy atom. The molecule has 0 spiro atoms. The number of aromatic nitrogens is 1. The average Bonchev–Trinajstić information content (AvgIpc) is 3.17. The summed E-state index contributed by atoms with van der Waals surface area (Å²) in [5.74, 6) is -0.488. The monoisotopic (exact) mass is 490 g/mol. The molecule has 1 saturated carbocycles. The van der Waals surface area contributed by atoms with Crippen LogP contribution in [0.4, 0.5) is 5.69 Å². The van der Waals surface area contributed by atoms with Crippen LogP contribution in [-0.2, 0) is 0 Å². The summed E-state index contributed by atoms with van der Waals surface area (Å²) in [7, 11) is 0. The molecule has 1 aliphatic rings. The predicted octanol–water partition coefficient (Wildman–Crippen LogP) is 6.25. The first-order chi connectivity index (χ1) is 15.4. The van der Waals surface area contributed by atoms with Crippen molar-refractivity contribution in [1.82, 2.24) is 4.68 Å². The zero-order valence-corrected chi connectivity index (χ0v) is 19.3. The average molecular weight is 491 g/mol. The van der Waals surface area contributed by atoms with Gasteiger partial charge in [0.25, 0.3) is 0 Å². The van der Waals surface area contributed by atoms with E-state index in [9.17, 15) is 15.2 Å².